The van der Waals surface area contributed by atoms with Crippen molar-refractivity contribution in [3.63, 3.8) is 0 Å². The fraction of sp³-hybridized carbons (Fsp3) is 0.474. The molecule has 0 saturated carbocycles. The van der Waals surface area contributed by atoms with Crippen molar-refractivity contribution in [1.82, 2.24) is 10.5 Å². The number of hydrogen-bond acceptors (Lipinski definition) is 3. The predicted molar refractivity (Wildman–Crippen MR) is 92.6 cm³/mol. The Labute approximate surface area is 150 Å². The van der Waals surface area contributed by atoms with E-state index in [1.807, 2.05) is 0 Å². The third kappa shape index (κ3) is 5.34. The summed E-state index contributed by atoms with van der Waals surface area (Å²) in [6, 6.07) is 6.09. The van der Waals surface area contributed by atoms with E-state index in [4.69, 9.17) is 4.52 Å². The number of alkyl halides is 3. The number of benzene rings is 1. The van der Waals surface area contributed by atoms with Crippen LogP contribution in [0.25, 0.3) is 11.3 Å². The Morgan fingerprint density at radius 3 is 2.69 bits per heavy atom. The maximum Gasteiger partial charge on any atom is 0.416 e. The van der Waals surface area contributed by atoms with Crippen LogP contribution < -0.4 is 5.32 Å². The molecule has 7 heteroatoms. The van der Waals surface area contributed by atoms with Crippen LogP contribution in [0.3, 0.4) is 0 Å². The molecule has 4 nitrogen and oxygen atoms in total. The summed E-state index contributed by atoms with van der Waals surface area (Å²) in [5.41, 5.74) is -0.498. The number of nitrogens with one attached hydrogen (secondary N) is 1. The minimum atomic E-state index is -4.44. The van der Waals surface area contributed by atoms with Gasteiger partial charge in [0.2, 0.25) is 0 Å². The van der Waals surface area contributed by atoms with Gasteiger partial charge >= 0.3 is 6.18 Å². The van der Waals surface area contributed by atoms with E-state index in [2.05, 4.69) is 24.3 Å². The summed E-state index contributed by atoms with van der Waals surface area (Å²) >= 11 is 0. The van der Waals surface area contributed by atoms with Gasteiger partial charge < -0.3 is 9.84 Å². The molecule has 0 spiro atoms. The average molecular weight is 368 g/mol. The van der Waals surface area contributed by atoms with Gasteiger partial charge in [-0.15, -0.1) is 0 Å². The normalized spacial score (nSPS) is 12.8. The molecule has 1 N–H and O–H groups in total. The van der Waals surface area contributed by atoms with E-state index in [0.29, 0.717) is 12.5 Å². The van der Waals surface area contributed by atoms with Gasteiger partial charge in [-0.25, -0.2) is 0 Å². The third-order valence-electron chi connectivity index (χ3n) is 4.31. The van der Waals surface area contributed by atoms with Crippen molar-refractivity contribution in [3.05, 3.63) is 41.6 Å². The van der Waals surface area contributed by atoms with Gasteiger partial charge in [0.1, 0.15) is 0 Å². The molecule has 0 saturated heterocycles. The van der Waals surface area contributed by atoms with Crippen molar-refractivity contribution < 1.29 is 22.5 Å². The molecule has 1 atom stereocenters. The highest BCUT2D eigenvalue weighted by atomic mass is 19.4. The molecule has 2 rings (SSSR count). The van der Waals surface area contributed by atoms with Crippen LogP contribution in [0.5, 0.6) is 0 Å². The van der Waals surface area contributed by atoms with Crippen LogP contribution in [0.4, 0.5) is 13.2 Å². The van der Waals surface area contributed by atoms with Crippen LogP contribution in [0.2, 0.25) is 0 Å². The lowest BCUT2D eigenvalue weighted by atomic mass is 9.99. The summed E-state index contributed by atoms with van der Waals surface area (Å²) in [7, 11) is 0. The summed E-state index contributed by atoms with van der Waals surface area (Å²) in [5.74, 6) is 0.134. The number of hydrogen-bond donors (Lipinski definition) is 1. The first kappa shape index (κ1) is 20.0. The first-order chi connectivity index (χ1) is 12.3. The second kappa shape index (κ2) is 8.87. The molecule has 0 aliphatic carbocycles. The van der Waals surface area contributed by atoms with Gasteiger partial charge in [0, 0.05) is 18.2 Å². The zero-order valence-corrected chi connectivity index (χ0v) is 14.9. The maximum absolute atomic E-state index is 12.8. The number of carbonyl (C=O) groups is 1. The van der Waals surface area contributed by atoms with E-state index in [-0.39, 0.29) is 22.9 Å². The topological polar surface area (TPSA) is 55.1 Å². The molecule has 1 aromatic heterocycles. The molecule has 0 unspecified atom stereocenters. The number of aromatic nitrogens is 1. The quantitative estimate of drug-likeness (QED) is 0.687. The maximum atomic E-state index is 12.8. The lowest BCUT2D eigenvalue weighted by Gasteiger charge is -2.14. The molecular weight excluding hydrogens is 345 g/mol. The minimum absolute atomic E-state index is 0.0581. The zero-order chi connectivity index (χ0) is 19.2. The van der Waals surface area contributed by atoms with Gasteiger partial charge in [0.05, 0.1) is 5.56 Å². The van der Waals surface area contributed by atoms with E-state index in [0.717, 1.165) is 37.8 Å². The highest BCUT2D eigenvalue weighted by molar-refractivity contribution is 5.93. The Bertz CT molecular complexity index is 726. The van der Waals surface area contributed by atoms with Gasteiger partial charge in [-0.2, -0.15) is 13.2 Å². The van der Waals surface area contributed by atoms with Gasteiger partial charge in [-0.05, 0) is 24.5 Å². The van der Waals surface area contributed by atoms with Crippen LogP contribution in [0.15, 0.2) is 34.9 Å². The van der Waals surface area contributed by atoms with E-state index < -0.39 is 11.7 Å². The molecular formula is C19H23F3N2O2. The smallest absolute Gasteiger partial charge is 0.355 e. The molecule has 1 heterocycles. The van der Waals surface area contributed by atoms with E-state index in [9.17, 15) is 18.0 Å². The zero-order valence-electron chi connectivity index (χ0n) is 14.9. The summed E-state index contributed by atoms with van der Waals surface area (Å²) < 4.78 is 43.5. The van der Waals surface area contributed by atoms with Crippen molar-refractivity contribution in [1.29, 1.82) is 0 Å². The molecule has 1 aromatic carbocycles. The van der Waals surface area contributed by atoms with Gasteiger partial charge in [-0.1, -0.05) is 50.4 Å². The Hall–Kier alpha value is -2.31. The molecule has 0 bridgehead atoms. The van der Waals surface area contributed by atoms with E-state index in [1.165, 1.54) is 18.2 Å². The molecule has 0 fully saturated rings. The molecule has 142 valence electrons. The molecule has 0 aliphatic rings. The van der Waals surface area contributed by atoms with Crippen LogP contribution in [0.1, 0.15) is 55.6 Å². The average Bonchev–Trinajstić information content (AvgIpc) is 3.11. The van der Waals surface area contributed by atoms with Crippen LogP contribution in [-0.2, 0) is 6.18 Å². The summed E-state index contributed by atoms with van der Waals surface area (Å²) in [4.78, 5) is 12.2. The second-order valence-corrected chi connectivity index (χ2v) is 6.28. The number of unbranched alkanes of at least 4 members (excludes halogenated alkanes) is 1. The lowest BCUT2D eigenvalue weighted by molar-refractivity contribution is -0.137. The largest absolute Gasteiger partial charge is 0.416 e. The van der Waals surface area contributed by atoms with E-state index in [1.54, 1.807) is 0 Å². The van der Waals surface area contributed by atoms with Crippen LogP contribution in [0, 0.1) is 5.92 Å². The first-order valence-corrected chi connectivity index (χ1v) is 8.77. The molecule has 0 aliphatic heterocycles. The van der Waals surface area contributed by atoms with Crippen molar-refractivity contribution in [2.24, 2.45) is 5.92 Å². The number of carbonyl (C=O) groups excluding carboxylic acids is 1. The number of amides is 1. The summed E-state index contributed by atoms with van der Waals surface area (Å²) in [6.07, 6.45) is -0.216. The highest BCUT2D eigenvalue weighted by Gasteiger charge is 2.30. The Balaban J connectivity index is 2.04. The van der Waals surface area contributed by atoms with E-state index >= 15 is 0 Å². The number of nitrogens with zero attached hydrogens (tertiary/aromatic N) is 1. The van der Waals surface area contributed by atoms with Gasteiger partial charge in [-0.3, -0.25) is 4.79 Å². The summed E-state index contributed by atoms with van der Waals surface area (Å²) in [5, 5.41) is 6.50. The SMILES string of the molecule is CCCC[C@H](CC)CNC(=O)c1cc(-c2cccc(C(F)(F)F)c2)on1. The lowest BCUT2D eigenvalue weighted by Crippen LogP contribution is -2.29. The Kier molecular flexibility index (Phi) is 6.83. The molecule has 2 aromatic rings. The standard InChI is InChI=1S/C19H23F3N2O2/c1-3-5-7-13(4-2)12-23-18(25)16-11-17(26-24-16)14-8-6-9-15(10-14)19(20,21)22/h6,8-11,13H,3-5,7,12H2,1-2H3,(H,23,25)/t13-/m0/s1. The number of rotatable bonds is 8. The molecule has 1 amide bonds. The van der Waals surface area contributed by atoms with Crippen molar-refractivity contribution in [2.45, 2.75) is 45.7 Å². The molecule has 0 radical (unpaired) electrons. The van der Waals surface area contributed by atoms with Crippen LogP contribution >= 0.6 is 0 Å². The monoisotopic (exact) mass is 368 g/mol. The summed E-state index contributed by atoms with van der Waals surface area (Å²) in [6.45, 7) is 4.74. The fourth-order valence-electron chi connectivity index (χ4n) is 2.64. The second-order valence-electron chi connectivity index (χ2n) is 6.28. The third-order valence-corrected chi connectivity index (χ3v) is 4.31. The van der Waals surface area contributed by atoms with Crippen molar-refractivity contribution in [2.75, 3.05) is 6.54 Å². The van der Waals surface area contributed by atoms with Crippen LogP contribution in [-0.4, -0.2) is 17.6 Å². The minimum Gasteiger partial charge on any atom is -0.355 e. The van der Waals surface area contributed by atoms with Crippen molar-refractivity contribution in [3.8, 4) is 11.3 Å². The first-order valence-electron chi connectivity index (χ1n) is 8.77. The Morgan fingerprint density at radius 2 is 2.04 bits per heavy atom. The highest BCUT2D eigenvalue weighted by Crippen LogP contribution is 2.32. The predicted octanol–water partition coefficient (Wildman–Crippen LogP) is 5.31. The molecule has 26 heavy (non-hydrogen) atoms. The fourth-order valence-corrected chi connectivity index (χ4v) is 2.64. The van der Waals surface area contributed by atoms with Gasteiger partial charge in [0.15, 0.2) is 11.5 Å². The van der Waals surface area contributed by atoms with Crippen molar-refractivity contribution >= 4 is 5.91 Å². The van der Waals surface area contributed by atoms with Gasteiger partial charge in [0.25, 0.3) is 5.91 Å². The number of halogens is 3. The Morgan fingerprint density at radius 1 is 1.27 bits per heavy atom.